The largest absolute Gasteiger partial charge is 0.364 e. The highest BCUT2D eigenvalue weighted by atomic mass is 16.1. The minimum Gasteiger partial charge on any atom is -0.364 e. The molecular weight excluding hydrogens is 226 g/mol. The van der Waals surface area contributed by atoms with Gasteiger partial charge in [-0.1, -0.05) is 39.0 Å². The standard InChI is InChI=1S/C14H17N3O/c1-14(2,3)12-9-11(13(15)18)17(16-12)10-7-5-4-6-8-10/h4-9H,1-3H3,(H2,15,18). The maximum Gasteiger partial charge on any atom is 0.267 e. The Balaban J connectivity index is 2.60. The predicted octanol–water partition coefficient (Wildman–Crippen LogP) is 2.27. The first-order chi connectivity index (χ1) is 8.39. The zero-order valence-corrected chi connectivity index (χ0v) is 10.8. The van der Waals surface area contributed by atoms with Crippen LogP contribution >= 0.6 is 0 Å². The first-order valence-corrected chi connectivity index (χ1v) is 5.85. The van der Waals surface area contributed by atoms with E-state index in [1.807, 2.05) is 30.3 Å². The maximum atomic E-state index is 11.5. The van der Waals surface area contributed by atoms with Crippen LogP contribution in [0.25, 0.3) is 5.69 Å². The lowest BCUT2D eigenvalue weighted by atomic mass is 9.92. The van der Waals surface area contributed by atoms with Gasteiger partial charge in [-0.3, -0.25) is 4.79 Å². The quantitative estimate of drug-likeness (QED) is 0.879. The third-order valence-electron chi connectivity index (χ3n) is 2.73. The number of primary amides is 1. The molecule has 94 valence electrons. The second kappa shape index (κ2) is 4.29. The molecule has 0 radical (unpaired) electrons. The average Bonchev–Trinajstić information content (AvgIpc) is 2.74. The Bertz CT molecular complexity index is 564. The van der Waals surface area contributed by atoms with Crippen molar-refractivity contribution < 1.29 is 4.79 Å². The van der Waals surface area contributed by atoms with Gasteiger partial charge in [0.25, 0.3) is 5.91 Å². The van der Waals surface area contributed by atoms with Gasteiger partial charge < -0.3 is 5.73 Å². The molecule has 0 aliphatic rings. The lowest BCUT2D eigenvalue weighted by molar-refractivity contribution is 0.0993. The summed E-state index contributed by atoms with van der Waals surface area (Å²) in [7, 11) is 0. The second-order valence-electron chi connectivity index (χ2n) is 5.28. The molecule has 2 rings (SSSR count). The molecule has 2 N–H and O–H groups in total. The van der Waals surface area contributed by atoms with Gasteiger partial charge in [0.05, 0.1) is 11.4 Å². The molecule has 1 aromatic carbocycles. The number of hydrogen-bond donors (Lipinski definition) is 1. The summed E-state index contributed by atoms with van der Waals surface area (Å²) in [5.41, 5.74) is 7.38. The van der Waals surface area contributed by atoms with Gasteiger partial charge >= 0.3 is 0 Å². The molecule has 1 heterocycles. The molecule has 0 saturated heterocycles. The van der Waals surface area contributed by atoms with E-state index in [1.54, 1.807) is 10.7 Å². The third-order valence-corrected chi connectivity index (χ3v) is 2.73. The van der Waals surface area contributed by atoms with Gasteiger partial charge in [0, 0.05) is 5.41 Å². The van der Waals surface area contributed by atoms with Crippen LogP contribution in [0.1, 0.15) is 37.0 Å². The van der Waals surface area contributed by atoms with Crippen LogP contribution in [0.2, 0.25) is 0 Å². The van der Waals surface area contributed by atoms with Crippen molar-refractivity contribution >= 4 is 5.91 Å². The highest BCUT2D eigenvalue weighted by Gasteiger charge is 2.22. The summed E-state index contributed by atoms with van der Waals surface area (Å²) in [6, 6.07) is 11.3. The van der Waals surface area contributed by atoms with Crippen LogP contribution in [-0.4, -0.2) is 15.7 Å². The van der Waals surface area contributed by atoms with Gasteiger partial charge in [0.2, 0.25) is 0 Å². The number of benzene rings is 1. The van der Waals surface area contributed by atoms with E-state index in [9.17, 15) is 4.79 Å². The monoisotopic (exact) mass is 243 g/mol. The van der Waals surface area contributed by atoms with Crippen LogP contribution in [-0.2, 0) is 5.41 Å². The van der Waals surface area contributed by atoms with Crippen molar-refractivity contribution in [1.29, 1.82) is 0 Å². The average molecular weight is 243 g/mol. The van der Waals surface area contributed by atoms with E-state index < -0.39 is 5.91 Å². The lowest BCUT2D eigenvalue weighted by Crippen LogP contribution is -2.16. The Labute approximate surface area is 106 Å². The Morgan fingerprint density at radius 2 is 1.83 bits per heavy atom. The fourth-order valence-corrected chi connectivity index (χ4v) is 1.69. The Morgan fingerprint density at radius 1 is 1.22 bits per heavy atom. The van der Waals surface area contributed by atoms with Gasteiger partial charge in [-0.05, 0) is 18.2 Å². The van der Waals surface area contributed by atoms with Crippen molar-refractivity contribution in [3.05, 3.63) is 47.8 Å². The molecule has 0 atom stereocenters. The molecule has 0 saturated carbocycles. The van der Waals surface area contributed by atoms with Crippen LogP contribution in [0.3, 0.4) is 0 Å². The molecule has 0 spiro atoms. The number of nitrogens with two attached hydrogens (primary N) is 1. The summed E-state index contributed by atoms with van der Waals surface area (Å²) in [6.07, 6.45) is 0. The van der Waals surface area contributed by atoms with Crippen LogP contribution < -0.4 is 5.73 Å². The molecular formula is C14H17N3O. The van der Waals surface area contributed by atoms with Gasteiger partial charge in [-0.25, -0.2) is 4.68 Å². The number of carbonyl (C=O) groups is 1. The fraction of sp³-hybridized carbons (Fsp3) is 0.286. The number of hydrogen-bond acceptors (Lipinski definition) is 2. The number of aromatic nitrogens is 2. The second-order valence-corrected chi connectivity index (χ2v) is 5.28. The van der Waals surface area contributed by atoms with E-state index in [0.717, 1.165) is 11.4 Å². The van der Waals surface area contributed by atoms with Crippen molar-refractivity contribution in [3.63, 3.8) is 0 Å². The van der Waals surface area contributed by atoms with Gasteiger partial charge in [-0.15, -0.1) is 0 Å². The van der Waals surface area contributed by atoms with E-state index in [1.165, 1.54) is 0 Å². The van der Waals surface area contributed by atoms with Gasteiger partial charge in [-0.2, -0.15) is 5.10 Å². The van der Waals surface area contributed by atoms with E-state index in [4.69, 9.17) is 5.73 Å². The number of nitrogens with zero attached hydrogens (tertiary/aromatic N) is 2. The Morgan fingerprint density at radius 3 is 2.33 bits per heavy atom. The number of rotatable bonds is 2. The van der Waals surface area contributed by atoms with Crippen molar-refractivity contribution in [2.45, 2.75) is 26.2 Å². The summed E-state index contributed by atoms with van der Waals surface area (Å²) in [5, 5.41) is 4.49. The SMILES string of the molecule is CC(C)(C)c1cc(C(N)=O)n(-c2ccccc2)n1. The van der Waals surface area contributed by atoms with Crippen molar-refractivity contribution in [1.82, 2.24) is 9.78 Å². The molecule has 1 amide bonds. The summed E-state index contributed by atoms with van der Waals surface area (Å²) in [4.78, 5) is 11.5. The van der Waals surface area contributed by atoms with E-state index in [-0.39, 0.29) is 5.41 Å². The van der Waals surface area contributed by atoms with Crippen molar-refractivity contribution in [2.75, 3.05) is 0 Å². The first-order valence-electron chi connectivity index (χ1n) is 5.85. The molecule has 0 unspecified atom stereocenters. The molecule has 0 fully saturated rings. The zero-order valence-electron chi connectivity index (χ0n) is 10.8. The van der Waals surface area contributed by atoms with Crippen molar-refractivity contribution in [3.8, 4) is 5.69 Å². The predicted molar refractivity (Wildman–Crippen MR) is 70.8 cm³/mol. The number of amides is 1. The lowest BCUT2D eigenvalue weighted by Gasteiger charge is -2.14. The number of carbonyl (C=O) groups excluding carboxylic acids is 1. The van der Waals surface area contributed by atoms with E-state index in [2.05, 4.69) is 25.9 Å². The summed E-state index contributed by atoms with van der Waals surface area (Å²) in [6.45, 7) is 6.15. The number of para-hydroxylation sites is 1. The normalized spacial score (nSPS) is 11.5. The van der Waals surface area contributed by atoms with Crippen LogP contribution in [0.4, 0.5) is 0 Å². The van der Waals surface area contributed by atoms with E-state index in [0.29, 0.717) is 5.69 Å². The molecule has 4 heteroatoms. The van der Waals surface area contributed by atoms with Gasteiger partial charge in [0.15, 0.2) is 0 Å². The molecule has 4 nitrogen and oxygen atoms in total. The molecule has 2 aromatic rings. The summed E-state index contributed by atoms with van der Waals surface area (Å²) < 4.78 is 1.60. The zero-order chi connectivity index (χ0) is 13.3. The molecule has 18 heavy (non-hydrogen) atoms. The molecule has 1 aromatic heterocycles. The topological polar surface area (TPSA) is 60.9 Å². The minimum atomic E-state index is -0.471. The minimum absolute atomic E-state index is 0.121. The Hall–Kier alpha value is -2.10. The highest BCUT2D eigenvalue weighted by molar-refractivity contribution is 5.91. The molecule has 0 aliphatic heterocycles. The highest BCUT2D eigenvalue weighted by Crippen LogP contribution is 2.23. The molecule has 0 bridgehead atoms. The Kier molecular flexibility index (Phi) is 2.95. The van der Waals surface area contributed by atoms with Crippen LogP contribution in [0, 0.1) is 0 Å². The van der Waals surface area contributed by atoms with Crippen LogP contribution in [0.5, 0.6) is 0 Å². The fourth-order valence-electron chi connectivity index (χ4n) is 1.69. The van der Waals surface area contributed by atoms with Gasteiger partial charge in [0.1, 0.15) is 5.69 Å². The van der Waals surface area contributed by atoms with Crippen LogP contribution in [0.15, 0.2) is 36.4 Å². The smallest absolute Gasteiger partial charge is 0.267 e. The van der Waals surface area contributed by atoms with Crippen molar-refractivity contribution in [2.24, 2.45) is 5.73 Å². The summed E-state index contributed by atoms with van der Waals surface area (Å²) in [5.74, 6) is -0.471. The first kappa shape index (κ1) is 12.4. The molecule has 0 aliphatic carbocycles. The summed E-state index contributed by atoms with van der Waals surface area (Å²) >= 11 is 0. The third kappa shape index (κ3) is 2.27. The van der Waals surface area contributed by atoms with E-state index >= 15 is 0 Å². The maximum absolute atomic E-state index is 11.5.